The highest BCUT2D eigenvalue weighted by molar-refractivity contribution is 9.10. The summed E-state index contributed by atoms with van der Waals surface area (Å²) in [6.45, 7) is 0.877. The van der Waals surface area contributed by atoms with Gasteiger partial charge in [-0.05, 0) is 40.5 Å². The normalized spacial score (nSPS) is 16.2. The lowest BCUT2D eigenvalue weighted by molar-refractivity contribution is 0.0425. The van der Waals surface area contributed by atoms with Gasteiger partial charge in [-0.3, -0.25) is 9.36 Å². The number of hydrogen-bond acceptors (Lipinski definition) is 5. The van der Waals surface area contributed by atoms with Crippen molar-refractivity contribution in [3.8, 4) is 11.1 Å². The summed E-state index contributed by atoms with van der Waals surface area (Å²) in [5.41, 5.74) is 5.29. The fourth-order valence-electron chi connectivity index (χ4n) is 5.10. The van der Waals surface area contributed by atoms with Gasteiger partial charge in [-0.15, -0.1) is 0 Å². The Balaban J connectivity index is 1.10. The smallest absolute Gasteiger partial charge is 0.434 e. The molecule has 7 heteroatoms. The molecule has 1 atom stereocenters. The second-order valence-corrected chi connectivity index (χ2v) is 9.69. The van der Waals surface area contributed by atoms with Gasteiger partial charge in [0.15, 0.2) is 0 Å². The molecule has 0 radical (unpaired) electrons. The summed E-state index contributed by atoms with van der Waals surface area (Å²) < 4.78 is 13.5. The van der Waals surface area contributed by atoms with Crippen LogP contribution >= 0.6 is 15.9 Å². The quantitative estimate of drug-likeness (QED) is 0.344. The van der Waals surface area contributed by atoms with Crippen LogP contribution in [0.4, 0.5) is 4.79 Å². The molecule has 1 unspecified atom stereocenters. The van der Waals surface area contributed by atoms with Crippen LogP contribution in [0.2, 0.25) is 0 Å². The highest BCUT2D eigenvalue weighted by Crippen LogP contribution is 2.44. The van der Waals surface area contributed by atoms with Crippen LogP contribution in [0.25, 0.3) is 22.0 Å². The van der Waals surface area contributed by atoms with Gasteiger partial charge in [0, 0.05) is 29.3 Å². The van der Waals surface area contributed by atoms with E-state index in [2.05, 4.69) is 45.2 Å². The van der Waals surface area contributed by atoms with Gasteiger partial charge in [-0.2, -0.15) is 0 Å². The molecule has 1 aromatic heterocycles. The molecule has 4 aromatic rings. The van der Waals surface area contributed by atoms with Crippen LogP contribution in [0.3, 0.4) is 0 Å². The molecule has 0 bridgehead atoms. The van der Waals surface area contributed by atoms with E-state index in [0.29, 0.717) is 23.9 Å². The van der Waals surface area contributed by atoms with Crippen molar-refractivity contribution < 1.29 is 14.3 Å². The molecular weight excluding hydrogens is 496 g/mol. The molecule has 2 heterocycles. The second kappa shape index (κ2) is 8.40. The molecule has 6 nitrogen and oxygen atoms in total. The summed E-state index contributed by atoms with van der Waals surface area (Å²) >= 11 is 3.43. The van der Waals surface area contributed by atoms with Gasteiger partial charge >= 0.3 is 6.16 Å². The Morgan fingerprint density at radius 1 is 0.971 bits per heavy atom. The summed E-state index contributed by atoms with van der Waals surface area (Å²) in [7, 11) is 0. The summed E-state index contributed by atoms with van der Waals surface area (Å²) in [4.78, 5) is 29.9. The Hall–Kier alpha value is -3.45. The molecule has 170 valence electrons. The van der Waals surface area contributed by atoms with E-state index in [1.165, 1.54) is 11.1 Å². The number of fused-ring (bicyclic) bond motifs is 5. The molecule has 0 N–H and O–H groups in total. The predicted octanol–water partition coefficient (Wildman–Crippen LogP) is 5.30. The minimum Gasteiger partial charge on any atom is -0.434 e. The number of rotatable bonds is 4. The maximum Gasteiger partial charge on any atom is 0.508 e. The van der Waals surface area contributed by atoms with E-state index in [0.717, 1.165) is 21.4 Å². The molecule has 0 fully saturated rings. The third kappa shape index (κ3) is 3.60. The lowest BCUT2D eigenvalue weighted by Crippen LogP contribution is -2.23. The highest BCUT2D eigenvalue weighted by atomic mass is 79.9. The number of hydrogen-bond donors (Lipinski definition) is 0. The number of ether oxygens (including phenoxy) is 2. The van der Waals surface area contributed by atoms with Crippen molar-refractivity contribution in [3.05, 3.63) is 98.5 Å². The second-order valence-electron chi connectivity index (χ2n) is 8.77. The summed E-state index contributed by atoms with van der Waals surface area (Å²) in [6, 6.07) is 21.9. The van der Waals surface area contributed by atoms with Crippen molar-refractivity contribution in [2.75, 3.05) is 13.2 Å². The number of benzene rings is 3. The van der Waals surface area contributed by atoms with E-state index in [9.17, 15) is 9.59 Å². The maximum absolute atomic E-state index is 12.8. The molecule has 0 spiro atoms. The van der Waals surface area contributed by atoms with Gasteiger partial charge in [0.05, 0.1) is 17.5 Å². The van der Waals surface area contributed by atoms with Crippen LogP contribution in [0, 0.1) is 5.92 Å². The standard InChI is InChI=1S/C27H21BrN2O4/c28-17-9-10-22-24(12-17)29-25-11-16(13-30(25)26(22)31)14-33-27(32)34-15-23-20-7-3-1-5-18(20)19-6-2-4-8-21(19)23/h1-10,12,16,23H,11,13-15H2. The number of carbonyl (C=O) groups is 1. The van der Waals surface area contributed by atoms with Crippen molar-refractivity contribution in [1.82, 2.24) is 9.55 Å². The van der Waals surface area contributed by atoms with E-state index >= 15 is 0 Å². The van der Waals surface area contributed by atoms with Gasteiger partial charge < -0.3 is 9.47 Å². The van der Waals surface area contributed by atoms with Crippen molar-refractivity contribution >= 4 is 33.0 Å². The summed E-state index contributed by atoms with van der Waals surface area (Å²) in [5, 5.41) is 0.588. The predicted molar refractivity (Wildman–Crippen MR) is 132 cm³/mol. The molecule has 6 rings (SSSR count). The topological polar surface area (TPSA) is 70.4 Å². The van der Waals surface area contributed by atoms with E-state index < -0.39 is 6.16 Å². The molecule has 34 heavy (non-hydrogen) atoms. The first-order valence-corrected chi connectivity index (χ1v) is 12.0. The van der Waals surface area contributed by atoms with Gasteiger partial charge in [0.25, 0.3) is 5.56 Å². The third-order valence-corrected chi connectivity index (χ3v) is 7.17. The minimum atomic E-state index is -0.688. The van der Waals surface area contributed by atoms with Crippen molar-refractivity contribution in [2.45, 2.75) is 18.9 Å². The van der Waals surface area contributed by atoms with Gasteiger partial charge in [0.1, 0.15) is 12.4 Å². The zero-order valence-corrected chi connectivity index (χ0v) is 19.8. The van der Waals surface area contributed by atoms with Crippen molar-refractivity contribution in [1.29, 1.82) is 0 Å². The van der Waals surface area contributed by atoms with Crippen molar-refractivity contribution in [3.63, 3.8) is 0 Å². The lowest BCUT2D eigenvalue weighted by Gasteiger charge is -2.15. The lowest BCUT2D eigenvalue weighted by atomic mass is 9.98. The molecule has 0 amide bonds. The highest BCUT2D eigenvalue weighted by Gasteiger charge is 2.30. The van der Waals surface area contributed by atoms with Crippen LogP contribution < -0.4 is 5.56 Å². The third-order valence-electron chi connectivity index (χ3n) is 6.68. The largest absolute Gasteiger partial charge is 0.508 e. The Labute approximate surface area is 204 Å². The molecular formula is C27H21BrN2O4. The van der Waals surface area contributed by atoms with E-state index in [4.69, 9.17) is 9.47 Å². The minimum absolute atomic E-state index is 0.00906. The Morgan fingerprint density at radius 3 is 2.38 bits per heavy atom. The van der Waals surface area contributed by atoms with Crippen LogP contribution in [-0.4, -0.2) is 28.9 Å². The molecule has 0 saturated heterocycles. The monoisotopic (exact) mass is 516 g/mol. The zero-order chi connectivity index (χ0) is 23.2. The molecule has 1 aliphatic carbocycles. The van der Waals surface area contributed by atoms with Crippen LogP contribution in [0.5, 0.6) is 0 Å². The molecule has 0 saturated carbocycles. The number of nitrogens with zero attached hydrogens (tertiary/aromatic N) is 2. The van der Waals surface area contributed by atoms with E-state index in [-0.39, 0.29) is 30.6 Å². The number of halogens is 1. The van der Waals surface area contributed by atoms with Gasteiger partial charge in [-0.1, -0.05) is 64.5 Å². The Bertz CT molecular complexity index is 1450. The van der Waals surface area contributed by atoms with Crippen molar-refractivity contribution in [2.24, 2.45) is 5.92 Å². The van der Waals surface area contributed by atoms with E-state index in [1.807, 2.05) is 36.4 Å². The van der Waals surface area contributed by atoms with Crippen LogP contribution in [0.15, 0.2) is 76.0 Å². The molecule has 3 aromatic carbocycles. The fraction of sp³-hybridized carbons (Fsp3) is 0.222. The Morgan fingerprint density at radius 2 is 1.65 bits per heavy atom. The van der Waals surface area contributed by atoms with Gasteiger partial charge in [-0.25, -0.2) is 9.78 Å². The van der Waals surface area contributed by atoms with Crippen LogP contribution in [-0.2, 0) is 22.4 Å². The summed E-state index contributed by atoms with van der Waals surface area (Å²) in [6.07, 6.45) is -0.110. The molecule has 2 aliphatic rings. The number of aromatic nitrogens is 2. The fourth-order valence-corrected chi connectivity index (χ4v) is 5.44. The molecule has 1 aliphatic heterocycles. The average Bonchev–Trinajstić information content (AvgIpc) is 3.40. The summed E-state index contributed by atoms with van der Waals surface area (Å²) in [5.74, 6) is 0.697. The number of carbonyl (C=O) groups excluding carboxylic acids is 1. The van der Waals surface area contributed by atoms with E-state index in [1.54, 1.807) is 10.6 Å². The van der Waals surface area contributed by atoms with Crippen LogP contribution in [0.1, 0.15) is 22.9 Å². The first kappa shape index (κ1) is 21.1. The maximum atomic E-state index is 12.8. The SMILES string of the molecule is O=C(OCC1Cc2nc3cc(Br)ccc3c(=O)n2C1)OCC1c2ccccc2-c2ccccc21. The van der Waals surface area contributed by atoms with Gasteiger partial charge in [0.2, 0.25) is 0 Å². The zero-order valence-electron chi connectivity index (χ0n) is 18.2. The first-order valence-electron chi connectivity index (χ1n) is 11.3. The first-order chi connectivity index (χ1) is 16.6. The average molecular weight is 517 g/mol. The Kier molecular flexibility index (Phi) is 5.21.